The second-order valence-electron chi connectivity index (χ2n) is 6.82. The topological polar surface area (TPSA) is 122 Å². The van der Waals surface area contributed by atoms with Crippen LogP contribution in [0.1, 0.15) is 23.5 Å². The van der Waals surface area contributed by atoms with E-state index in [0.29, 0.717) is 11.3 Å². The van der Waals surface area contributed by atoms with Crippen LogP contribution >= 0.6 is 0 Å². The minimum atomic E-state index is -2.71. The van der Waals surface area contributed by atoms with Crippen molar-refractivity contribution < 1.29 is 27.2 Å². The van der Waals surface area contributed by atoms with E-state index in [0.717, 1.165) is 6.20 Å². The fraction of sp³-hybridized carbons (Fsp3) is 0.238. The molecule has 4 N–H and O–H groups in total. The van der Waals surface area contributed by atoms with Gasteiger partial charge in [0, 0.05) is 18.1 Å². The van der Waals surface area contributed by atoms with Crippen molar-refractivity contribution >= 4 is 17.2 Å². The summed E-state index contributed by atoms with van der Waals surface area (Å²) in [5.41, 5.74) is 6.87. The van der Waals surface area contributed by atoms with Gasteiger partial charge in [0.15, 0.2) is 17.5 Å². The van der Waals surface area contributed by atoms with Crippen molar-refractivity contribution in [3.63, 3.8) is 0 Å². The molecular weight excluding hydrogens is 444 g/mol. The number of anilines is 1. The molecule has 0 radical (unpaired) electrons. The molecule has 0 amide bonds. The van der Waals surface area contributed by atoms with Crippen molar-refractivity contribution in [1.29, 1.82) is 0 Å². The summed E-state index contributed by atoms with van der Waals surface area (Å²) in [6.45, 7) is -0.686. The average Bonchev–Trinajstić information content (AvgIpc) is 3.33. The SMILES string of the molecule is NC(=CC(=NCc1ccccc1F)c1ccon1)c1ncc(F)c(NC(CO)CC(F)F)n1. The van der Waals surface area contributed by atoms with Crippen LogP contribution in [0.25, 0.3) is 5.70 Å². The summed E-state index contributed by atoms with van der Waals surface area (Å²) in [6.07, 6.45) is 0.0541. The molecule has 3 rings (SSSR count). The number of aromatic nitrogens is 3. The molecular formula is C21H20F4N6O2. The van der Waals surface area contributed by atoms with Crippen molar-refractivity contribution in [2.45, 2.75) is 25.4 Å². The Labute approximate surface area is 185 Å². The molecule has 0 aliphatic heterocycles. The van der Waals surface area contributed by atoms with Crippen LogP contribution in [0.15, 0.2) is 58.4 Å². The number of aliphatic hydroxyl groups is 1. The number of allylic oxidation sites excluding steroid dienone is 1. The zero-order valence-electron chi connectivity index (χ0n) is 17.1. The number of alkyl halides is 2. The predicted molar refractivity (Wildman–Crippen MR) is 112 cm³/mol. The molecule has 0 aliphatic carbocycles. The third-order valence-electron chi connectivity index (χ3n) is 4.40. The maximum absolute atomic E-state index is 14.1. The number of aliphatic hydroxyl groups excluding tert-OH is 1. The lowest BCUT2D eigenvalue weighted by Crippen LogP contribution is -2.27. The number of nitrogens with one attached hydrogen (secondary N) is 1. The number of benzene rings is 1. The van der Waals surface area contributed by atoms with Gasteiger partial charge in [-0.15, -0.1) is 0 Å². The van der Waals surface area contributed by atoms with E-state index < -0.39 is 42.9 Å². The summed E-state index contributed by atoms with van der Waals surface area (Å²) in [5, 5.41) is 15.5. The zero-order chi connectivity index (χ0) is 23.8. The highest BCUT2D eigenvalue weighted by atomic mass is 19.3. The molecule has 0 saturated carbocycles. The van der Waals surface area contributed by atoms with Gasteiger partial charge in [-0.25, -0.2) is 27.5 Å². The van der Waals surface area contributed by atoms with E-state index in [2.05, 4.69) is 25.4 Å². The first-order chi connectivity index (χ1) is 15.9. The standard InChI is InChI=1S/C21H20F4N6O2/c22-14-4-2-1-3-12(14)9-27-18(17-5-6-33-31-17)8-16(26)21-28-10-15(23)20(30-21)29-13(11-32)7-19(24)25/h1-6,8,10,13,19,32H,7,9,11,26H2,(H,28,29,30). The lowest BCUT2D eigenvalue weighted by molar-refractivity contribution is 0.118. The van der Waals surface area contributed by atoms with Crippen LogP contribution in [-0.4, -0.2) is 45.0 Å². The van der Waals surface area contributed by atoms with Crippen LogP contribution < -0.4 is 11.1 Å². The van der Waals surface area contributed by atoms with Gasteiger partial charge in [0.05, 0.1) is 36.8 Å². The van der Waals surface area contributed by atoms with Crippen LogP contribution in [0.2, 0.25) is 0 Å². The van der Waals surface area contributed by atoms with Crippen molar-refractivity contribution in [1.82, 2.24) is 15.1 Å². The molecule has 1 atom stereocenters. The van der Waals surface area contributed by atoms with Crippen molar-refractivity contribution in [2.24, 2.45) is 10.7 Å². The van der Waals surface area contributed by atoms with Gasteiger partial charge >= 0.3 is 0 Å². The van der Waals surface area contributed by atoms with E-state index in [1.165, 1.54) is 24.5 Å². The van der Waals surface area contributed by atoms with E-state index in [-0.39, 0.29) is 23.8 Å². The Morgan fingerprint density at radius 2 is 2.00 bits per heavy atom. The summed E-state index contributed by atoms with van der Waals surface area (Å²) >= 11 is 0. The molecule has 2 heterocycles. The smallest absolute Gasteiger partial charge is 0.240 e. The van der Waals surface area contributed by atoms with Crippen LogP contribution in [0.3, 0.4) is 0 Å². The van der Waals surface area contributed by atoms with Gasteiger partial charge in [-0.05, 0) is 12.1 Å². The number of nitrogens with zero attached hydrogens (tertiary/aromatic N) is 4. The van der Waals surface area contributed by atoms with Crippen molar-refractivity contribution in [2.75, 3.05) is 11.9 Å². The molecule has 2 aromatic heterocycles. The summed E-state index contributed by atoms with van der Waals surface area (Å²) in [4.78, 5) is 12.1. The molecule has 174 valence electrons. The van der Waals surface area contributed by atoms with E-state index in [4.69, 9.17) is 10.3 Å². The van der Waals surface area contributed by atoms with Crippen LogP contribution in [0, 0.1) is 11.6 Å². The molecule has 8 nitrogen and oxygen atoms in total. The summed E-state index contributed by atoms with van der Waals surface area (Å²) in [7, 11) is 0. The first-order valence-corrected chi connectivity index (χ1v) is 9.71. The Bertz CT molecular complexity index is 1120. The Morgan fingerprint density at radius 1 is 1.21 bits per heavy atom. The summed E-state index contributed by atoms with van der Waals surface area (Å²) in [5.74, 6) is -1.88. The van der Waals surface area contributed by atoms with Crippen LogP contribution in [0.5, 0.6) is 0 Å². The number of halogens is 4. The molecule has 0 fully saturated rings. The zero-order valence-corrected chi connectivity index (χ0v) is 17.1. The molecule has 1 aromatic carbocycles. The minimum absolute atomic E-state index is 0.0263. The van der Waals surface area contributed by atoms with Gasteiger partial charge in [-0.1, -0.05) is 23.4 Å². The average molecular weight is 464 g/mol. The van der Waals surface area contributed by atoms with Gasteiger partial charge in [-0.3, -0.25) is 4.99 Å². The number of hydrogen-bond acceptors (Lipinski definition) is 8. The largest absolute Gasteiger partial charge is 0.396 e. The first kappa shape index (κ1) is 23.9. The van der Waals surface area contributed by atoms with Crippen LogP contribution in [0.4, 0.5) is 23.4 Å². The lowest BCUT2D eigenvalue weighted by Gasteiger charge is -2.17. The molecule has 0 bridgehead atoms. The van der Waals surface area contributed by atoms with E-state index in [9.17, 15) is 22.7 Å². The van der Waals surface area contributed by atoms with Crippen molar-refractivity contribution in [3.05, 3.63) is 77.6 Å². The Kier molecular flexibility index (Phi) is 8.08. The number of hydrogen-bond donors (Lipinski definition) is 3. The molecule has 1 unspecified atom stereocenters. The Morgan fingerprint density at radius 3 is 2.67 bits per heavy atom. The highest BCUT2D eigenvalue weighted by molar-refractivity contribution is 6.10. The van der Waals surface area contributed by atoms with Crippen molar-refractivity contribution in [3.8, 4) is 0 Å². The molecule has 0 spiro atoms. The maximum atomic E-state index is 14.1. The second-order valence-corrected chi connectivity index (χ2v) is 6.82. The van der Waals surface area contributed by atoms with Gasteiger partial charge < -0.3 is 20.7 Å². The highest BCUT2D eigenvalue weighted by Gasteiger charge is 2.18. The first-order valence-electron chi connectivity index (χ1n) is 9.71. The maximum Gasteiger partial charge on any atom is 0.240 e. The van der Waals surface area contributed by atoms with E-state index >= 15 is 0 Å². The predicted octanol–water partition coefficient (Wildman–Crippen LogP) is 3.16. The van der Waals surface area contributed by atoms with Gasteiger partial charge in [0.25, 0.3) is 0 Å². The fourth-order valence-electron chi connectivity index (χ4n) is 2.75. The quantitative estimate of drug-likeness (QED) is 0.311. The second kappa shape index (κ2) is 11.2. The third kappa shape index (κ3) is 6.59. The molecule has 3 aromatic rings. The molecule has 33 heavy (non-hydrogen) atoms. The number of aliphatic imine (C=N–C) groups is 1. The monoisotopic (exact) mass is 464 g/mol. The Hall–Kier alpha value is -3.80. The summed E-state index contributed by atoms with van der Waals surface area (Å²) in [6, 6.07) is 6.49. The number of rotatable bonds is 10. The molecule has 12 heteroatoms. The van der Waals surface area contributed by atoms with E-state index in [1.807, 2.05) is 0 Å². The molecule has 0 saturated heterocycles. The minimum Gasteiger partial charge on any atom is -0.396 e. The van der Waals surface area contributed by atoms with Crippen LogP contribution in [-0.2, 0) is 6.54 Å². The number of nitrogens with two attached hydrogens (primary N) is 1. The van der Waals surface area contributed by atoms with E-state index in [1.54, 1.807) is 18.2 Å². The molecule has 0 aliphatic rings. The third-order valence-corrected chi connectivity index (χ3v) is 4.40. The van der Waals surface area contributed by atoms with Gasteiger partial charge in [0.2, 0.25) is 6.43 Å². The lowest BCUT2D eigenvalue weighted by atomic mass is 10.2. The van der Waals surface area contributed by atoms with Gasteiger partial charge in [0.1, 0.15) is 17.8 Å². The summed E-state index contributed by atoms with van der Waals surface area (Å²) < 4.78 is 58.1. The normalized spacial score (nSPS) is 13.4. The Balaban J connectivity index is 1.89. The van der Waals surface area contributed by atoms with Gasteiger partial charge in [-0.2, -0.15) is 0 Å². The fourth-order valence-corrected chi connectivity index (χ4v) is 2.75. The highest BCUT2D eigenvalue weighted by Crippen LogP contribution is 2.17.